The molecule has 0 bridgehead atoms. The Bertz CT molecular complexity index is 782. The maximum atomic E-state index is 12.5. The van der Waals surface area contributed by atoms with Crippen LogP contribution in [0.5, 0.6) is 17.2 Å². The number of para-hydroxylation sites is 2. The maximum absolute atomic E-state index is 12.5. The Balaban J connectivity index is 2.04. The Kier molecular flexibility index (Phi) is 7.05. The molecule has 0 aliphatic heterocycles. The van der Waals surface area contributed by atoms with Crippen molar-refractivity contribution in [3.05, 3.63) is 48.0 Å². The largest absolute Gasteiger partial charge is 0.496 e. The zero-order chi connectivity index (χ0) is 19.8. The van der Waals surface area contributed by atoms with E-state index < -0.39 is 5.91 Å². The van der Waals surface area contributed by atoms with Crippen molar-refractivity contribution in [2.75, 3.05) is 26.1 Å². The molecule has 0 saturated heterocycles. The lowest BCUT2D eigenvalue weighted by atomic mass is 10.1. The second-order valence-electron chi connectivity index (χ2n) is 5.93. The Hall–Kier alpha value is -3.22. The van der Waals surface area contributed by atoms with Gasteiger partial charge in [-0.1, -0.05) is 18.2 Å². The fraction of sp³-hybridized carbons (Fsp3) is 0.300. The van der Waals surface area contributed by atoms with E-state index in [1.807, 2.05) is 19.9 Å². The van der Waals surface area contributed by atoms with E-state index in [1.54, 1.807) is 36.4 Å². The van der Waals surface area contributed by atoms with Crippen LogP contribution in [0.25, 0.3) is 0 Å². The summed E-state index contributed by atoms with van der Waals surface area (Å²) in [5, 5.41) is 5.32. The highest BCUT2D eigenvalue weighted by Crippen LogP contribution is 2.28. The van der Waals surface area contributed by atoms with Gasteiger partial charge >= 0.3 is 0 Å². The number of ether oxygens (including phenoxy) is 3. The molecule has 0 aliphatic carbocycles. The summed E-state index contributed by atoms with van der Waals surface area (Å²) in [5.74, 6) is 0.452. The van der Waals surface area contributed by atoms with E-state index in [0.717, 1.165) is 0 Å². The highest BCUT2D eigenvalue weighted by atomic mass is 16.5. The molecule has 27 heavy (non-hydrogen) atoms. The maximum Gasteiger partial charge on any atom is 0.259 e. The molecule has 2 aromatic rings. The van der Waals surface area contributed by atoms with E-state index in [9.17, 15) is 9.59 Å². The van der Waals surface area contributed by atoms with Crippen molar-refractivity contribution in [3.8, 4) is 17.2 Å². The number of hydrogen-bond donors (Lipinski definition) is 2. The van der Waals surface area contributed by atoms with Crippen LogP contribution in [0.2, 0.25) is 0 Å². The van der Waals surface area contributed by atoms with Gasteiger partial charge < -0.3 is 24.8 Å². The van der Waals surface area contributed by atoms with Crippen molar-refractivity contribution in [2.45, 2.75) is 20.0 Å². The highest BCUT2D eigenvalue weighted by molar-refractivity contribution is 6.03. The van der Waals surface area contributed by atoms with Crippen LogP contribution in [0.3, 0.4) is 0 Å². The molecule has 0 aromatic heterocycles. The van der Waals surface area contributed by atoms with E-state index in [4.69, 9.17) is 14.2 Å². The number of anilines is 1. The van der Waals surface area contributed by atoms with E-state index in [0.29, 0.717) is 22.9 Å². The average molecular weight is 372 g/mol. The molecule has 0 radical (unpaired) electrons. The Morgan fingerprint density at radius 3 is 2.11 bits per heavy atom. The molecule has 7 heteroatoms. The zero-order valence-corrected chi connectivity index (χ0v) is 15.9. The number of methoxy groups -OCH3 is 2. The predicted octanol–water partition coefficient (Wildman–Crippen LogP) is 2.86. The molecule has 144 valence electrons. The molecule has 2 rings (SSSR count). The van der Waals surface area contributed by atoms with Crippen molar-refractivity contribution < 1.29 is 23.8 Å². The lowest BCUT2D eigenvalue weighted by molar-refractivity contribution is -0.115. The predicted molar refractivity (Wildman–Crippen MR) is 103 cm³/mol. The minimum atomic E-state index is -0.467. The van der Waals surface area contributed by atoms with Gasteiger partial charge in [-0.15, -0.1) is 0 Å². The van der Waals surface area contributed by atoms with Crippen LogP contribution < -0.4 is 24.8 Å². The molecule has 2 amide bonds. The first-order valence-electron chi connectivity index (χ1n) is 8.51. The van der Waals surface area contributed by atoms with E-state index >= 15 is 0 Å². The first-order chi connectivity index (χ1) is 13.0. The van der Waals surface area contributed by atoms with Gasteiger partial charge in [0.05, 0.1) is 32.6 Å². The number of rotatable bonds is 8. The molecule has 2 aromatic carbocycles. The van der Waals surface area contributed by atoms with Crippen LogP contribution in [-0.2, 0) is 4.79 Å². The molecule has 0 saturated carbocycles. The highest BCUT2D eigenvalue weighted by Gasteiger charge is 2.19. The Morgan fingerprint density at radius 2 is 1.52 bits per heavy atom. The van der Waals surface area contributed by atoms with Gasteiger partial charge in [-0.25, -0.2) is 0 Å². The number of nitrogens with one attached hydrogen (secondary N) is 2. The van der Waals surface area contributed by atoms with Crippen LogP contribution in [-0.4, -0.2) is 38.7 Å². The van der Waals surface area contributed by atoms with Crippen LogP contribution in [0.4, 0.5) is 5.69 Å². The standard InChI is InChI=1S/C20H24N2O5/c1-13(2)27-15-9-6-5-8-14(15)22-18(23)12-21-20(24)19-16(25-3)10-7-11-17(19)26-4/h5-11,13H,12H2,1-4H3,(H,21,24)(H,22,23). The molecule has 0 heterocycles. The summed E-state index contributed by atoms with van der Waals surface area (Å²) < 4.78 is 16.1. The molecule has 0 fully saturated rings. The fourth-order valence-corrected chi connectivity index (χ4v) is 2.44. The van der Waals surface area contributed by atoms with Gasteiger partial charge in [0.2, 0.25) is 5.91 Å². The first kappa shape index (κ1) is 20.1. The third-order valence-corrected chi connectivity index (χ3v) is 3.59. The molecular formula is C20H24N2O5. The Labute approximate surface area is 158 Å². The topological polar surface area (TPSA) is 85.9 Å². The normalized spacial score (nSPS) is 10.3. The summed E-state index contributed by atoms with van der Waals surface area (Å²) in [6, 6.07) is 12.1. The van der Waals surface area contributed by atoms with Crippen molar-refractivity contribution >= 4 is 17.5 Å². The summed E-state index contributed by atoms with van der Waals surface area (Å²) in [5.41, 5.74) is 0.777. The second kappa shape index (κ2) is 9.47. The van der Waals surface area contributed by atoms with Crippen molar-refractivity contribution in [3.63, 3.8) is 0 Å². The number of benzene rings is 2. The van der Waals surface area contributed by atoms with Gasteiger partial charge in [0.1, 0.15) is 22.8 Å². The lowest BCUT2D eigenvalue weighted by Gasteiger charge is -2.15. The minimum absolute atomic E-state index is 0.0271. The van der Waals surface area contributed by atoms with Gasteiger partial charge in [-0.3, -0.25) is 9.59 Å². The molecule has 0 atom stereocenters. The SMILES string of the molecule is COc1cccc(OC)c1C(=O)NCC(=O)Nc1ccccc1OC(C)C. The average Bonchev–Trinajstić information content (AvgIpc) is 2.66. The van der Waals surface area contributed by atoms with Crippen molar-refractivity contribution in [2.24, 2.45) is 0 Å². The van der Waals surface area contributed by atoms with Crippen LogP contribution in [0, 0.1) is 0 Å². The summed E-state index contributed by atoms with van der Waals surface area (Å²) in [6.45, 7) is 3.59. The van der Waals surface area contributed by atoms with E-state index in [-0.39, 0.29) is 24.1 Å². The van der Waals surface area contributed by atoms with E-state index in [2.05, 4.69) is 10.6 Å². The Morgan fingerprint density at radius 1 is 0.926 bits per heavy atom. The number of carbonyl (C=O) groups excluding carboxylic acids is 2. The molecule has 0 aliphatic rings. The summed E-state index contributed by atoms with van der Waals surface area (Å²) in [7, 11) is 2.92. The monoisotopic (exact) mass is 372 g/mol. The number of hydrogen-bond acceptors (Lipinski definition) is 5. The summed E-state index contributed by atoms with van der Waals surface area (Å²) >= 11 is 0. The minimum Gasteiger partial charge on any atom is -0.496 e. The van der Waals surface area contributed by atoms with Crippen LogP contribution in [0.15, 0.2) is 42.5 Å². The quantitative estimate of drug-likeness (QED) is 0.744. The lowest BCUT2D eigenvalue weighted by Crippen LogP contribution is -2.33. The van der Waals surface area contributed by atoms with Gasteiger partial charge in [-0.2, -0.15) is 0 Å². The van der Waals surface area contributed by atoms with Crippen molar-refractivity contribution in [1.82, 2.24) is 5.32 Å². The zero-order valence-electron chi connectivity index (χ0n) is 15.9. The van der Waals surface area contributed by atoms with Crippen LogP contribution in [0.1, 0.15) is 24.2 Å². The van der Waals surface area contributed by atoms with Gasteiger partial charge in [0.15, 0.2) is 0 Å². The van der Waals surface area contributed by atoms with Gasteiger partial charge in [0, 0.05) is 0 Å². The molecule has 0 spiro atoms. The molecule has 0 unspecified atom stereocenters. The second-order valence-corrected chi connectivity index (χ2v) is 5.93. The van der Waals surface area contributed by atoms with Crippen molar-refractivity contribution in [1.29, 1.82) is 0 Å². The third-order valence-electron chi connectivity index (χ3n) is 3.59. The summed E-state index contributed by atoms with van der Waals surface area (Å²) in [6.07, 6.45) is -0.0271. The number of carbonyl (C=O) groups is 2. The molecule has 2 N–H and O–H groups in total. The molecule has 7 nitrogen and oxygen atoms in total. The smallest absolute Gasteiger partial charge is 0.259 e. The summed E-state index contributed by atoms with van der Waals surface area (Å²) in [4.78, 5) is 24.7. The number of amides is 2. The molecular weight excluding hydrogens is 348 g/mol. The van der Waals surface area contributed by atoms with Gasteiger partial charge in [-0.05, 0) is 38.1 Å². The van der Waals surface area contributed by atoms with E-state index in [1.165, 1.54) is 14.2 Å². The first-order valence-corrected chi connectivity index (χ1v) is 8.51. The third kappa shape index (κ3) is 5.37. The van der Waals surface area contributed by atoms with Gasteiger partial charge in [0.25, 0.3) is 5.91 Å². The van der Waals surface area contributed by atoms with Crippen LogP contribution >= 0.6 is 0 Å². The fourth-order valence-electron chi connectivity index (χ4n) is 2.44.